The molecule has 7 nitrogen and oxygen atoms in total. The molecule has 0 radical (unpaired) electrons. The third-order valence-electron chi connectivity index (χ3n) is 4.94. The van der Waals surface area contributed by atoms with Gasteiger partial charge in [0.1, 0.15) is 23.3 Å². The summed E-state index contributed by atoms with van der Waals surface area (Å²) in [4.78, 5) is 33.9. The predicted octanol–water partition coefficient (Wildman–Crippen LogP) is 4.09. The van der Waals surface area contributed by atoms with Crippen molar-refractivity contribution in [2.24, 2.45) is 0 Å². The summed E-state index contributed by atoms with van der Waals surface area (Å²) in [6.45, 7) is 2.24. The molecule has 4 rings (SSSR count). The fraction of sp³-hybridized carbons (Fsp3) is 0.250. The van der Waals surface area contributed by atoms with Crippen LogP contribution in [0.4, 0.5) is 4.53 Å². The highest BCUT2D eigenvalue weighted by atomic mass is 79.9. The molecule has 3 aromatic rings. The fourth-order valence-corrected chi connectivity index (χ4v) is 3.66. The minimum absolute atomic E-state index is 0.177. The maximum atomic E-state index is 13.1. The average molecular weight is 462 g/mol. The zero-order valence-corrected chi connectivity index (χ0v) is 17.0. The number of likely N-dealkylation sites (tertiary alicyclic amines) is 1. The van der Waals surface area contributed by atoms with Crippen molar-refractivity contribution in [2.45, 2.75) is 19.4 Å². The monoisotopic (exact) mass is 461 g/mol. The van der Waals surface area contributed by atoms with Crippen LogP contribution in [0, 0.1) is 6.92 Å². The third kappa shape index (κ3) is 3.75. The number of aromatic amines is 1. The number of nitrogens with one attached hydrogen (secondary N) is 1. The first kappa shape index (κ1) is 19.5. The molecule has 1 unspecified atom stereocenters. The molecule has 1 fully saturated rings. The first-order valence-electron chi connectivity index (χ1n) is 9.00. The Balaban J connectivity index is 1.59. The predicted molar refractivity (Wildman–Crippen MR) is 105 cm³/mol. The van der Waals surface area contributed by atoms with Crippen LogP contribution >= 0.6 is 15.9 Å². The second-order valence-electron chi connectivity index (χ2n) is 6.85. The van der Waals surface area contributed by atoms with E-state index in [1.165, 1.54) is 17.2 Å². The minimum Gasteiger partial charge on any atom is -0.360 e. The summed E-state index contributed by atoms with van der Waals surface area (Å²) in [5.74, 6) is -0.216. The van der Waals surface area contributed by atoms with Crippen molar-refractivity contribution in [3.63, 3.8) is 0 Å². The number of rotatable bonds is 5. The van der Waals surface area contributed by atoms with E-state index in [0.29, 0.717) is 35.5 Å². The quantitative estimate of drug-likeness (QED) is 0.578. The molecule has 1 amide bonds. The maximum Gasteiger partial charge on any atom is 0.270 e. The van der Waals surface area contributed by atoms with Gasteiger partial charge in [-0.2, -0.15) is 4.94 Å². The number of ketones is 1. The number of hydrogen-bond donors (Lipinski definition) is 1. The van der Waals surface area contributed by atoms with E-state index in [0.717, 1.165) is 10.0 Å². The molecule has 0 aliphatic carbocycles. The van der Waals surface area contributed by atoms with Gasteiger partial charge >= 0.3 is 0 Å². The van der Waals surface area contributed by atoms with Gasteiger partial charge in [0, 0.05) is 28.3 Å². The molecular weight excluding hydrogens is 445 g/mol. The Morgan fingerprint density at radius 2 is 2.10 bits per heavy atom. The minimum atomic E-state index is -0.608. The standard InChI is InChI=1S/C20H17BrFN3O4/c1-11-17(18(24-29-11)12-2-4-14(21)5-3-12)19(26)13-8-16(23-9-13)20(27)25-7-6-15(10-25)28-22/h2-5,8-9,15,23H,6-7,10H2,1H3. The van der Waals surface area contributed by atoms with Crippen molar-refractivity contribution in [1.29, 1.82) is 0 Å². The molecule has 0 bridgehead atoms. The summed E-state index contributed by atoms with van der Waals surface area (Å²) in [6.07, 6.45) is 1.31. The van der Waals surface area contributed by atoms with Gasteiger partial charge in [0.15, 0.2) is 5.78 Å². The highest BCUT2D eigenvalue weighted by molar-refractivity contribution is 9.10. The summed E-state index contributed by atoms with van der Waals surface area (Å²) in [7, 11) is 0. The van der Waals surface area contributed by atoms with E-state index < -0.39 is 6.10 Å². The van der Waals surface area contributed by atoms with Gasteiger partial charge in [0.05, 0.1) is 12.1 Å². The van der Waals surface area contributed by atoms with Gasteiger partial charge in [-0.25, -0.2) is 0 Å². The van der Waals surface area contributed by atoms with Crippen molar-refractivity contribution in [3.8, 4) is 11.3 Å². The van der Waals surface area contributed by atoms with Crippen molar-refractivity contribution in [3.05, 3.63) is 63.6 Å². The molecule has 0 saturated carbocycles. The van der Waals surface area contributed by atoms with Crippen LogP contribution in [0.15, 0.2) is 45.5 Å². The number of benzene rings is 1. The van der Waals surface area contributed by atoms with E-state index in [4.69, 9.17) is 4.52 Å². The Bertz CT molecular complexity index is 1060. The molecular formula is C20H17BrFN3O4. The van der Waals surface area contributed by atoms with Crippen LogP contribution in [0.25, 0.3) is 11.3 Å². The number of aromatic nitrogens is 2. The third-order valence-corrected chi connectivity index (χ3v) is 5.47. The summed E-state index contributed by atoms with van der Waals surface area (Å²) >= 11 is 3.38. The lowest BCUT2D eigenvalue weighted by Crippen LogP contribution is -2.29. The summed E-state index contributed by atoms with van der Waals surface area (Å²) in [6, 6.07) is 8.87. The largest absolute Gasteiger partial charge is 0.360 e. The highest BCUT2D eigenvalue weighted by Crippen LogP contribution is 2.29. The zero-order valence-electron chi connectivity index (χ0n) is 15.4. The van der Waals surface area contributed by atoms with Crippen LogP contribution in [0.2, 0.25) is 0 Å². The molecule has 9 heteroatoms. The van der Waals surface area contributed by atoms with Crippen LogP contribution in [0.1, 0.15) is 38.6 Å². The van der Waals surface area contributed by atoms with Gasteiger partial charge in [0.2, 0.25) is 0 Å². The molecule has 3 heterocycles. The normalized spacial score (nSPS) is 16.4. The number of H-pyrrole nitrogens is 1. The van der Waals surface area contributed by atoms with Crippen LogP contribution in [-0.2, 0) is 4.94 Å². The van der Waals surface area contributed by atoms with Gasteiger partial charge < -0.3 is 14.4 Å². The van der Waals surface area contributed by atoms with E-state index in [1.807, 2.05) is 24.3 Å². The Morgan fingerprint density at radius 3 is 2.79 bits per heavy atom. The summed E-state index contributed by atoms with van der Waals surface area (Å²) in [5.41, 5.74) is 2.10. The molecule has 1 aromatic carbocycles. The first-order chi connectivity index (χ1) is 14.0. The molecule has 1 N–H and O–H groups in total. The number of carbonyl (C=O) groups is 2. The summed E-state index contributed by atoms with van der Waals surface area (Å²) < 4.78 is 18.5. The molecule has 29 heavy (non-hydrogen) atoms. The number of amides is 1. The Kier molecular flexibility index (Phi) is 5.33. The topological polar surface area (TPSA) is 88.4 Å². The zero-order chi connectivity index (χ0) is 20.5. The lowest BCUT2D eigenvalue weighted by molar-refractivity contribution is -0.172. The van der Waals surface area contributed by atoms with Gasteiger partial charge in [-0.3, -0.25) is 9.59 Å². The van der Waals surface area contributed by atoms with Gasteiger partial charge in [-0.1, -0.05) is 33.2 Å². The van der Waals surface area contributed by atoms with Crippen LogP contribution < -0.4 is 0 Å². The van der Waals surface area contributed by atoms with E-state index >= 15 is 0 Å². The fourth-order valence-electron chi connectivity index (χ4n) is 3.39. The van der Waals surface area contributed by atoms with Crippen molar-refractivity contribution < 1.29 is 23.6 Å². The Hall–Kier alpha value is -2.78. The van der Waals surface area contributed by atoms with E-state index in [1.54, 1.807) is 6.92 Å². The number of nitrogens with zero attached hydrogens (tertiary/aromatic N) is 2. The van der Waals surface area contributed by atoms with E-state index in [2.05, 4.69) is 31.0 Å². The number of hydrogen-bond acceptors (Lipinski definition) is 5. The lowest BCUT2D eigenvalue weighted by Gasteiger charge is -2.14. The second kappa shape index (κ2) is 7.92. The van der Waals surface area contributed by atoms with Crippen LogP contribution in [0.5, 0.6) is 0 Å². The van der Waals surface area contributed by atoms with Crippen molar-refractivity contribution >= 4 is 27.6 Å². The maximum absolute atomic E-state index is 13.1. The van der Waals surface area contributed by atoms with Gasteiger partial charge in [-0.05, 0) is 36.1 Å². The van der Waals surface area contributed by atoms with E-state index in [9.17, 15) is 14.1 Å². The van der Waals surface area contributed by atoms with Gasteiger partial charge in [0.25, 0.3) is 5.91 Å². The summed E-state index contributed by atoms with van der Waals surface area (Å²) in [5, 5.41) is 4.04. The molecule has 1 atom stereocenters. The molecule has 150 valence electrons. The van der Waals surface area contributed by atoms with Crippen molar-refractivity contribution in [2.75, 3.05) is 13.1 Å². The molecule has 2 aromatic heterocycles. The van der Waals surface area contributed by atoms with Crippen LogP contribution in [-0.4, -0.2) is 45.9 Å². The average Bonchev–Trinajstić information content (AvgIpc) is 3.47. The smallest absolute Gasteiger partial charge is 0.270 e. The number of carbonyl (C=O) groups excluding carboxylic acids is 2. The van der Waals surface area contributed by atoms with Gasteiger partial charge in [-0.15, -0.1) is 0 Å². The SMILES string of the molecule is Cc1onc(-c2ccc(Br)cc2)c1C(=O)c1c[nH]c(C(=O)N2CCC(OF)C2)c1. The number of halogens is 2. The highest BCUT2D eigenvalue weighted by Gasteiger charge is 2.30. The molecule has 1 saturated heterocycles. The van der Waals surface area contributed by atoms with E-state index in [-0.39, 0.29) is 23.9 Å². The lowest BCUT2D eigenvalue weighted by atomic mass is 9.99. The van der Waals surface area contributed by atoms with Crippen LogP contribution in [0.3, 0.4) is 0 Å². The molecule has 0 spiro atoms. The Morgan fingerprint density at radius 1 is 1.34 bits per heavy atom. The second-order valence-corrected chi connectivity index (χ2v) is 7.77. The van der Waals surface area contributed by atoms with Crippen molar-refractivity contribution in [1.82, 2.24) is 15.0 Å². The molecule has 1 aliphatic heterocycles. The molecule has 1 aliphatic rings. The Labute approximate surface area is 173 Å². The number of aryl methyl sites for hydroxylation is 1. The first-order valence-corrected chi connectivity index (χ1v) is 9.79.